The minimum atomic E-state index is -1.07. The number of rotatable bonds is 8. The van der Waals surface area contributed by atoms with Gasteiger partial charge in [-0.15, -0.1) is 11.3 Å². The topological polar surface area (TPSA) is 139 Å². The Morgan fingerprint density at radius 3 is 2.40 bits per heavy atom. The number of carbonyl (C=O) groups is 3. The van der Waals surface area contributed by atoms with Gasteiger partial charge in [0, 0.05) is 28.2 Å². The predicted octanol–water partition coefficient (Wildman–Crippen LogP) is 7.30. The Labute approximate surface area is 263 Å². The molecule has 2 aliphatic carbocycles. The molecule has 0 unspecified atom stereocenters. The van der Waals surface area contributed by atoms with Crippen LogP contribution in [0.25, 0.3) is 33.0 Å². The van der Waals surface area contributed by atoms with Gasteiger partial charge in [0.1, 0.15) is 22.6 Å². The van der Waals surface area contributed by atoms with E-state index in [1.165, 1.54) is 36.0 Å². The van der Waals surface area contributed by atoms with Crippen molar-refractivity contribution in [1.29, 1.82) is 0 Å². The molecule has 3 aromatic heterocycles. The quantitative estimate of drug-likeness (QED) is 0.165. The summed E-state index contributed by atoms with van der Waals surface area (Å²) in [5, 5.41) is 17.3. The molecule has 45 heavy (non-hydrogen) atoms. The summed E-state index contributed by atoms with van der Waals surface area (Å²) in [5.41, 5.74) is 3.42. The first kappa shape index (κ1) is 29.0. The fourth-order valence-electron chi connectivity index (χ4n) is 6.67. The van der Waals surface area contributed by atoms with Crippen LogP contribution < -0.4 is 10.6 Å². The van der Waals surface area contributed by atoms with Crippen LogP contribution in [0.3, 0.4) is 0 Å². The van der Waals surface area contributed by atoms with Crippen LogP contribution in [0.5, 0.6) is 0 Å². The van der Waals surface area contributed by atoms with Gasteiger partial charge >= 0.3 is 5.97 Å². The van der Waals surface area contributed by atoms with Gasteiger partial charge in [0.15, 0.2) is 5.69 Å². The predicted molar refractivity (Wildman–Crippen MR) is 171 cm³/mol. The summed E-state index contributed by atoms with van der Waals surface area (Å²) < 4.78 is 7.68. The van der Waals surface area contributed by atoms with E-state index in [2.05, 4.69) is 20.2 Å². The monoisotopic (exact) mass is 623 g/mol. The highest BCUT2D eigenvalue weighted by Crippen LogP contribution is 2.37. The van der Waals surface area contributed by atoms with Crippen LogP contribution in [-0.2, 0) is 4.79 Å². The van der Waals surface area contributed by atoms with Crippen molar-refractivity contribution in [3.63, 3.8) is 0 Å². The molecule has 2 amide bonds. The smallest absolute Gasteiger partial charge is 0.355 e. The van der Waals surface area contributed by atoms with Gasteiger partial charge in [-0.3, -0.25) is 9.59 Å². The lowest BCUT2D eigenvalue weighted by Gasteiger charge is -2.29. The summed E-state index contributed by atoms with van der Waals surface area (Å²) in [6.07, 6.45) is 11.9. The first-order valence-corrected chi connectivity index (χ1v) is 16.3. The fourth-order valence-corrected chi connectivity index (χ4v) is 7.47. The molecule has 2 saturated carbocycles. The molecule has 2 fully saturated rings. The molecule has 3 heterocycles. The summed E-state index contributed by atoms with van der Waals surface area (Å²) in [6.45, 7) is 0. The second-order valence-corrected chi connectivity index (χ2v) is 12.8. The Kier molecular flexibility index (Phi) is 7.70. The molecule has 0 aliphatic heterocycles. The Morgan fingerprint density at radius 2 is 1.71 bits per heavy atom. The average molecular weight is 624 g/mol. The van der Waals surface area contributed by atoms with Crippen LogP contribution in [-0.4, -0.2) is 43.0 Å². The van der Waals surface area contributed by atoms with Crippen LogP contribution in [0.4, 0.5) is 5.69 Å². The zero-order valence-electron chi connectivity index (χ0n) is 24.6. The van der Waals surface area contributed by atoms with Crippen molar-refractivity contribution in [2.45, 2.75) is 69.4 Å². The lowest BCUT2D eigenvalue weighted by atomic mass is 9.94. The molecule has 0 radical (unpaired) electrons. The lowest BCUT2D eigenvalue weighted by molar-refractivity contribution is -0.122. The highest BCUT2D eigenvalue weighted by molar-refractivity contribution is 7.13. The molecular formula is C34H33N5O5S. The Bertz CT molecular complexity index is 1860. The van der Waals surface area contributed by atoms with Crippen LogP contribution in [0.1, 0.15) is 84.7 Å². The van der Waals surface area contributed by atoms with E-state index in [0.29, 0.717) is 35.1 Å². The largest absolute Gasteiger partial charge is 0.476 e. The lowest BCUT2D eigenvalue weighted by Crippen LogP contribution is -2.55. The van der Waals surface area contributed by atoms with Crippen molar-refractivity contribution in [3.05, 3.63) is 77.7 Å². The van der Waals surface area contributed by atoms with E-state index in [1.54, 1.807) is 36.8 Å². The summed E-state index contributed by atoms with van der Waals surface area (Å²) in [6, 6.07) is 15.0. The van der Waals surface area contributed by atoms with Gasteiger partial charge in [-0.25, -0.2) is 14.8 Å². The van der Waals surface area contributed by atoms with Gasteiger partial charge in [0.2, 0.25) is 5.91 Å². The highest BCUT2D eigenvalue weighted by Gasteiger charge is 2.42. The third-order valence-electron chi connectivity index (χ3n) is 9.03. The maximum atomic E-state index is 13.7. The molecule has 11 heteroatoms. The van der Waals surface area contributed by atoms with Crippen LogP contribution >= 0.6 is 11.3 Å². The first-order chi connectivity index (χ1) is 21.9. The van der Waals surface area contributed by atoms with Crippen molar-refractivity contribution in [3.8, 4) is 22.0 Å². The molecule has 0 saturated heterocycles. The standard InChI is InChI=1S/C34H33N5O5S/c40-30(22-10-13-28-26(18-22)36-29(23-14-17-44-19-23)39(28)25-6-2-1-3-7-25)38-34(15-4-5-16-34)33(43)35-24-11-8-21(9-12-24)31-37-27(20-45-31)32(41)42/h8-14,17-20,25H,1-7,15-16H2,(H,35,43)(H,38,40)(H,41,42). The number of hydrogen-bond acceptors (Lipinski definition) is 7. The SMILES string of the molecule is O=C(NC1(C(=O)Nc2ccc(-c3nc(C(=O)O)cs3)cc2)CCCC1)c1ccc2c(c1)nc(-c1ccoc1)n2C1CCCCC1. The van der Waals surface area contributed by atoms with Crippen molar-refractivity contribution in [2.75, 3.05) is 5.32 Å². The third kappa shape index (κ3) is 5.64. The third-order valence-corrected chi connectivity index (χ3v) is 9.92. The number of thiazole rings is 1. The number of aromatic nitrogens is 3. The number of nitrogens with one attached hydrogen (secondary N) is 2. The first-order valence-electron chi connectivity index (χ1n) is 15.4. The highest BCUT2D eigenvalue weighted by atomic mass is 32.1. The zero-order valence-corrected chi connectivity index (χ0v) is 25.4. The molecule has 3 N–H and O–H groups in total. The zero-order chi connectivity index (χ0) is 31.0. The van der Waals surface area contributed by atoms with Gasteiger partial charge < -0.3 is 24.7 Å². The fraction of sp³-hybridized carbons (Fsp3) is 0.324. The average Bonchev–Trinajstić information content (AvgIpc) is 3.88. The Morgan fingerprint density at radius 1 is 0.933 bits per heavy atom. The molecule has 2 aromatic carbocycles. The number of aromatic carboxylic acids is 1. The van der Waals surface area contributed by atoms with Gasteiger partial charge in [0.05, 0.1) is 22.9 Å². The maximum absolute atomic E-state index is 13.7. The van der Waals surface area contributed by atoms with E-state index < -0.39 is 11.5 Å². The molecule has 10 nitrogen and oxygen atoms in total. The number of carboxylic acids is 1. The van der Waals surface area contributed by atoms with Crippen molar-refractivity contribution < 1.29 is 23.9 Å². The number of amides is 2. The van der Waals surface area contributed by atoms with E-state index in [1.807, 2.05) is 24.3 Å². The molecule has 0 spiro atoms. The minimum Gasteiger partial charge on any atom is -0.476 e. The van der Waals surface area contributed by atoms with E-state index in [4.69, 9.17) is 14.5 Å². The number of carboxylic acid groups (broad SMARTS) is 1. The minimum absolute atomic E-state index is 0.00131. The van der Waals surface area contributed by atoms with Gasteiger partial charge in [0.25, 0.3) is 5.91 Å². The van der Waals surface area contributed by atoms with E-state index in [-0.39, 0.29) is 17.5 Å². The number of imidazole rings is 1. The number of nitrogens with zero attached hydrogens (tertiary/aromatic N) is 3. The van der Waals surface area contributed by atoms with Crippen LogP contribution in [0.2, 0.25) is 0 Å². The van der Waals surface area contributed by atoms with Crippen LogP contribution in [0, 0.1) is 0 Å². The molecular weight excluding hydrogens is 590 g/mol. The molecule has 5 aromatic rings. The van der Waals surface area contributed by atoms with E-state index >= 15 is 0 Å². The number of fused-ring (bicyclic) bond motifs is 1. The number of hydrogen-bond donors (Lipinski definition) is 3. The number of carbonyl (C=O) groups excluding carboxylic acids is 2. The normalized spacial score (nSPS) is 16.5. The van der Waals surface area contributed by atoms with E-state index in [9.17, 15) is 14.4 Å². The van der Waals surface area contributed by atoms with Crippen molar-refractivity contribution in [2.24, 2.45) is 0 Å². The maximum Gasteiger partial charge on any atom is 0.355 e. The summed E-state index contributed by atoms with van der Waals surface area (Å²) in [7, 11) is 0. The molecule has 2 aliphatic rings. The molecule has 0 atom stereocenters. The molecule has 0 bridgehead atoms. The summed E-state index contributed by atoms with van der Waals surface area (Å²) in [4.78, 5) is 47.7. The van der Waals surface area contributed by atoms with Gasteiger partial charge in [-0.05, 0) is 74.2 Å². The van der Waals surface area contributed by atoms with Crippen molar-refractivity contribution in [1.82, 2.24) is 19.9 Å². The second kappa shape index (κ2) is 12.0. The second-order valence-electron chi connectivity index (χ2n) is 11.9. The van der Waals surface area contributed by atoms with Gasteiger partial charge in [-0.2, -0.15) is 0 Å². The Hall–Kier alpha value is -4.77. The number of benzene rings is 2. The molecule has 7 rings (SSSR count). The molecule has 230 valence electrons. The van der Waals surface area contributed by atoms with Crippen molar-refractivity contribution >= 4 is 45.8 Å². The number of anilines is 1. The summed E-state index contributed by atoms with van der Waals surface area (Å²) in [5.74, 6) is -0.788. The Balaban J connectivity index is 1.11. The summed E-state index contributed by atoms with van der Waals surface area (Å²) >= 11 is 1.25. The van der Waals surface area contributed by atoms with Crippen LogP contribution in [0.15, 0.2) is 70.9 Å². The van der Waals surface area contributed by atoms with Gasteiger partial charge in [-0.1, -0.05) is 32.1 Å². The number of furan rings is 1. The van der Waals surface area contributed by atoms with E-state index in [0.717, 1.165) is 53.7 Å².